The molecule has 0 spiro atoms. The van der Waals surface area contributed by atoms with Crippen LogP contribution in [-0.4, -0.2) is 29.5 Å². The molecule has 33 heavy (non-hydrogen) atoms. The minimum atomic E-state index is -0.815. The lowest BCUT2D eigenvalue weighted by Crippen LogP contribution is -2.09. The Kier molecular flexibility index (Phi) is 5.77. The second-order valence-electron chi connectivity index (χ2n) is 8.15. The molecule has 0 radical (unpaired) electrons. The predicted octanol–water partition coefficient (Wildman–Crippen LogP) is 5.19. The van der Waals surface area contributed by atoms with Gasteiger partial charge in [0.2, 0.25) is 12.7 Å². The second kappa shape index (κ2) is 9.02. The van der Waals surface area contributed by atoms with Gasteiger partial charge in [-0.05, 0) is 61.6 Å². The Balaban J connectivity index is 1.28. The number of hydrogen-bond donors (Lipinski definition) is 1. The fourth-order valence-electron chi connectivity index (χ4n) is 4.34. The Morgan fingerprint density at radius 3 is 2.94 bits per heavy atom. The summed E-state index contributed by atoms with van der Waals surface area (Å²) in [7, 11) is 0. The first-order valence-corrected chi connectivity index (χ1v) is 11.1. The molecule has 5 rings (SSSR count). The number of oxazole rings is 1. The molecular formula is C26H25NO6. The summed E-state index contributed by atoms with van der Waals surface area (Å²) in [5.41, 5.74) is 5.03. The van der Waals surface area contributed by atoms with Gasteiger partial charge in [-0.2, -0.15) is 0 Å². The van der Waals surface area contributed by atoms with Crippen LogP contribution in [0.1, 0.15) is 41.8 Å². The van der Waals surface area contributed by atoms with E-state index in [2.05, 4.69) is 11.1 Å². The first-order valence-electron chi connectivity index (χ1n) is 11.1. The molecule has 0 bridgehead atoms. The number of rotatable bonds is 7. The molecule has 0 saturated heterocycles. The van der Waals surface area contributed by atoms with Crippen LogP contribution in [0.3, 0.4) is 0 Å². The zero-order valence-corrected chi connectivity index (χ0v) is 18.4. The van der Waals surface area contributed by atoms with E-state index in [0.29, 0.717) is 24.7 Å². The van der Waals surface area contributed by atoms with Crippen LogP contribution in [0.2, 0.25) is 0 Å². The molecule has 1 aliphatic heterocycles. The minimum Gasteiger partial charge on any atom is -0.493 e. The summed E-state index contributed by atoms with van der Waals surface area (Å²) in [4.78, 5) is 15.6. The molecule has 3 aromatic rings. The summed E-state index contributed by atoms with van der Waals surface area (Å²) >= 11 is 0. The molecule has 7 heteroatoms. The van der Waals surface area contributed by atoms with Crippen molar-refractivity contribution < 1.29 is 28.5 Å². The van der Waals surface area contributed by atoms with E-state index in [1.807, 2.05) is 43.3 Å². The molecule has 2 aromatic carbocycles. The van der Waals surface area contributed by atoms with Gasteiger partial charge in [0.05, 0.1) is 18.7 Å². The van der Waals surface area contributed by atoms with Gasteiger partial charge in [-0.3, -0.25) is 4.79 Å². The van der Waals surface area contributed by atoms with Gasteiger partial charge in [-0.15, -0.1) is 0 Å². The maximum atomic E-state index is 11.0. The Morgan fingerprint density at radius 2 is 2.06 bits per heavy atom. The van der Waals surface area contributed by atoms with Crippen molar-refractivity contribution in [3.8, 4) is 28.7 Å². The SMILES string of the molecule is Cc1oc(-c2ccc3c(c2)OCO3)nc1CCOc1cccc2c1CCC/C2=C/CC(=O)O. The maximum Gasteiger partial charge on any atom is 0.307 e. The largest absolute Gasteiger partial charge is 0.493 e. The smallest absolute Gasteiger partial charge is 0.307 e. The van der Waals surface area contributed by atoms with E-state index in [0.717, 1.165) is 64.5 Å². The van der Waals surface area contributed by atoms with Crippen molar-refractivity contribution >= 4 is 11.5 Å². The summed E-state index contributed by atoms with van der Waals surface area (Å²) in [6.45, 7) is 2.60. The highest BCUT2D eigenvalue weighted by molar-refractivity contribution is 5.77. The number of ether oxygens (including phenoxy) is 3. The average Bonchev–Trinajstić information content (AvgIpc) is 3.43. The summed E-state index contributed by atoms with van der Waals surface area (Å²) in [6.07, 6.45) is 5.28. The Labute approximate surface area is 191 Å². The number of aromatic nitrogens is 1. The number of fused-ring (bicyclic) bond motifs is 2. The monoisotopic (exact) mass is 447 g/mol. The van der Waals surface area contributed by atoms with Gasteiger partial charge < -0.3 is 23.7 Å². The number of carboxylic acids is 1. The Bertz CT molecular complexity index is 1230. The lowest BCUT2D eigenvalue weighted by Gasteiger charge is -2.22. The van der Waals surface area contributed by atoms with E-state index in [1.54, 1.807) is 0 Å². The summed E-state index contributed by atoms with van der Waals surface area (Å²) in [6, 6.07) is 11.6. The summed E-state index contributed by atoms with van der Waals surface area (Å²) in [5.74, 6) is 2.77. The third kappa shape index (κ3) is 4.44. The molecule has 1 aliphatic carbocycles. The van der Waals surface area contributed by atoms with E-state index in [4.69, 9.17) is 23.7 Å². The quantitative estimate of drug-likeness (QED) is 0.533. The fourth-order valence-corrected chi connectivity index (χ4v) is 4.34. The molecule has 170 valence electrons. The van der Waals surface area contributed by atoms with Gasteiger partial charge in [0.25, 0.3) is 0 Å². The number of carbonyl (C=O) groups is 1. The lowest BCUT2D eigenvalue weighted by molar-refractivity contribution is -0.136. The van der Waals surface area contributed by atoms with Gasteiger partial charge in [-0.1, -0.05) is 18.2 Å². The number of hydrogen-bond acceptors (Lipinski definition) is 6. The number of carboxylic acid groups (broad SMARTS) is 1. The van der Waals surface area contributed by atoms with Crippen molar-refractivity contribution in [2.75, 3.05) is 13.4 Å². The Hall–Kier alpha value is -3.74. The first kappa shape index (κ1) is 21.1. The van der Waals surface area contributed by atoms with Crippen molar-refractivity contribution in [3.63, 3.8) is 0 Å². The van der Waals surface area contributed by atoms with Crippen molar-refractivity contribution in [1.82, 2.24) is 4.98 Å². The van der Waals surface area contributed by atoms with Gasteiger partial charge in [0.15, 0.2) is 11.5 Å². The highest BCUT2D eigenvalue weighted by Gasteiger charge is 2.20. The third-order valence-corrected chi connectivity index (χ3v) is 5.98. The van der Waals surface area contributed by atoms with Crippen LogP contribution in [0.4, 0.5) is 0 Å². The molecule has 1 aromatic heterocycles. The molecule has 2 aliphatic rings. The zero-order chi connectivity index (χ0) is 22.8. The normalized spacial score (nSPS) is 15.5. The van der Waals surface area contributed by atoms with Gasteiger partial charge in [0.1, 0.15) is 11.5 Å². The fraction of sp³-hybridized carbons (Fsp3) is 0.308. The minimum absolute atomic E-state index is 0.0387. The maximum absolute atomic E-state index is 11.0. The van der Waals surface area contributed by atoms with Crippen molar-refractivity contribution in [3.05, 3.63) is 65.1 Å². The molecule has 0 atom stereocenters. The van der Waals surface area contributed by atoms with Crippen LogP contribution in [0, 0.1) is 6.92 Å². The van der Waals surface area contributed by atoms with E-state index in [-0.39, 0.29) is 13.2 Å². The number of nitrogens with zero attached hydrogens (tertiary/aromatic N) is 1. The van der Waals surface area contributed by atoms with E-state index >= 15 is 0 Å². The third-order valence-electron chi connectivity index (χ3n) is 5.98. The van der Waals surface area contributed by atoms with E-state index < -0.39 is 5.97 Å². The molecular weight excluding hydrogens is 422 g/mol. The van der Waals surface area contributed by atoms with Gasteiger partial charge in [0, 0.05) is 17.5 Å². The molecule has 7 nitrogen and oxygen atoms in total. The average molecular weight is 447 g/mol. The van der Waals surface area contributed by atoms with Crippen LogP contribution in [0.25, 0.3) is 17.0 Å². The number of allylic oxidation sites excluding steroid dienone is 1. The number of aliphatic carboxylic acids is 1. The first-order chi connectivity index (χ1) is 16.1. The van der Waals surface area contributed by atoms with Crippen molar-refractivity contribution in [1.29, 1.82) is 0 Å². The molecule has 0 fully saturated rings. The summed E-state index contributed by atoms with van der Waals surface area (Å²) in [5, 5.41) is 9.01. The molecule has 1 N–H and O–H groups in total. The van der Waals surface area contributed by atoms with Gasteiger partial charge >= 0.3 is 5.97 Å². The number of benzene rings is 2. The zero-order valence-electron chi connectivity index (χ0n) is 18.4. The van der Waals surface area contributed by atoms with Crippen LogP contribution >= 0.6 is 0 Å². The van der Waals surface area contributed by atoms with E-state index in [9.17, 15) is 4.79 Å². The molecule has 0 amide bonds. The van der Waals surface area contributed by atoms with Crippen LogP contribution < -0.4 is 14.2 Å². The molecule has 2 heterocycles. The molecule has 0 unspecified atom stereocenters. The lowest BCUT2D eigenvalue weighted by atomic mass is 9.86. The number of aryl methyl sites for hydroxylation is 1. The Morgan fingerprint density at radius 1 is 1.18 bits per heavy atom. The van der Waals surface area contributed by atoms with Crippen LogP contribution in [0.15, 0.2) is 46.9 Å². The van der Waals surface area contributed by atoms with Crippen LogP contribution in [0.5, 0.6) is 17.2 Å². The highest BCUT2D eigenvalue weighted by atomic mass is 16.7. The second-order valence-corrected chi connectivity index (χ2v) is 8.15. The topological polar surface area (TPSA) is 91.0 Å². The molecule has 0 saturated carbocycles. The van der Waals surface area contributed by atoms with Crippen LogP contribution in [-0.2, 0) is 17.6 Å². The van der Waals surface area contributed by atoms with Crippen molar-refractivity contribution in [2.24, 2.45) is 0 Å². The van der Waals surface area contributed by atoms with Gasteiger partial charge in [-0.25, -0.2) is 4.98 Å². The van der Waals surface area contributed by atoms with Crippen molar-refractivity contribution in [2.45, 2.75) is 39.0 Å². The standard InChI is InChI=1S/C26H25NO6/c1-16-21(27-26(33-16)18-8-10-23-24(14-18)32-15-31-23)12-13-30-22-7-3-5-19-17(9-11-25(28)29)4-2-6-20(19)22/h3,5,7-10,14H,2,4,6,11-13,15H2,1H3,(H,28,29)/b17-9-. The summed E-state index contributed by atoms with van der Waals surface area (Å²) < 4.78 is 22.9. The predicted molar refractivity (Wildman–Crippen MR) is 122 cm³/mol. The highest BCUT2D eigenvalue weighted by Crippen LogP contribution is 2.37. The van der Waals surface area contributed by atoms with E-state index in [1.165, 1.54) is 0 Å².